The van der Waals surface area contributed by atoms with Crippen molar-refractivity contribution in [1.82, 2.24) is 15.2 Å². The molecule has 4 heterocycles. The van der Waals surface area contributed by atoms with Crippen molar-refractivity contribution < 1.29 is 4.79 Å². The highest BCUT2D eigenvalue weighted by Crippen LogP contribution is 2.31. The predicted molar refractivity (Wildman–Crippen MR) is 108 cm³/mol. The number of amides is 1. The average molecular weight is 373 g/mol. The summed E-state index contributed by atoms with van der Waals surface area (Å²) in [6.45, 7) is 2.20. The molecular weight excluding hydrogens is 354 g/mol. The van der Waals surface area contributed by atoms with Crippen LogP contribution in [0.4, 0.5) is 0 Å². The van der Waals surface area contributed by atoms with Gasteiger partial charge in [-0.2, -0.15) is 0 Å². The van der Waals surface area contributed by atoms with Crippen molar-refractivity contribution in [1.29, 1.82) is 0 Å². The third-order valence-corrected chi connectivity index (χ3v) is 6.35. The molecule has 134 valence electrons. The van der Waals surface area contributed by atoms with E-state index in [0.717, 1.165) is 46.6 Å². The summed E-state index contributed by atoms with van der Waals surface area (Å²) < 4.78 is 1.05. The summed E-state index contributed by atoms with van der Waals surface area (Å²) in [7, 11) is 0. The number of fused-ring (bicyclic) bond motifs is 3. The first kappa shape index (κ1) is 16.5. The first-order chi connectivity index (χ1) is 13.3. The molecule has 2 fully saturated rings. The maximum Gasteiger partial charge on any atom is 0.271 e. The van der Waals surface area contributed by atoms with Crippen LogP contribution >= 0.6 is 11.3 Å². The van der Waals surface area contributed by atoms with Crippen LogP contribution in [0.5, 0.6) is 0 Å². The van der Waals surface area contributed by atoms with Crippen LogP contribution in [0.2, 0.25) is 0 Å². The summed E-state index contributed by atoms with van der Waals surface area (Å²) in [4.78, 5) is 19.4. The van der Waals surface area contributed by atoms with Crippen molar-refractivity contribution in [2.75, 3.05) is 13.1 Å². The van der Waals surface area contributed by atoms with Crippen LogP contribution in [0.1, 0.15) is 34.5 Å². The third kappa shape index (κ3) is 3.23. The average Bonchev–Trinajstić information content (AvgIpc) is 3.42. The molecule has 2 saturated heterocycles. The highest BCUT2D eigenvalue weighted by atomic mass is 32.1. The standard InChI is InChI=1S/C22H19N3OS/c26-22(24-21-10-16-8-9-25(21)13-16)19-11-18-17(14-27-20(18)12-23-19)7-6-15-4-2-1-3-5-15/h1-5,11-12,14,16,21H,8-10,13H2,(H,24,26). The zero-order valence-corrected chi connectivity index (χ0v) is 15.6. The van der Waals surface area contributed by atoms with E-state index >= 15 is 0 Å². The van der Waals surface area contributed by atoms with Gasteiger partial charge in [-0.1, -0.05) is 30.0 Å². The molecule has 0 saturated carbocycles. The Labute approximate surface area is 162 Å². The number of thiophene rings is 1. The molecule has 1 aromatic carbocycles. The number of aromatic nitrogens is 1. The fourth-order valence-electron chi connectivity index (χ4n) is 3.99. The molecule has 4 nitrogen and oxygen atoms in total. The second kappa shape index (κ2) is 6.80. The fourth-order valence-corrected chi connectivity index (χ4v) is 4.83. The minimum Gasteiger partial charge on any atom is -0.335 e. The maximum absolute atomic E-state index is 12.7. The number of carbonyl (C=O) groups excluding carboxylic acids is 1. The molecule has 1 N–H and O–H groups in total. The summed E-state index contributed by atoms with van der Waals surface area (Å²) in [5, 5.41) is 6.18. The van der Waals surface area contributed by atoms with Gasteiger partial charge in [-0.05, 0) is 37.0 Å². The van der Waals surface area contributed by atoms with Crippen LogP contribution in [-0.2, 0) is 0 Å². The number of nitrogens with one attached hydrogen (secondary N) is 1. The molecule has 0 radical (unpaired) electrons. The largest absolute Gasteiger partial charge is 0.335 e. The maximum atomic E-state index is 12.7. The van der Waals surface area contributed by atoms with Gasteiger partial charge >= 0.3 is 0 Å². The molecule has 5 heteroatoms. The van der Waals surface area contributed by atoms with Crippen molar-refractivity contribution in [3.8, 4) is 11.8 Å². The molecule has 27 heavy (non-hydrogen) atoms. The van der Waals surface area contributed by atoms with Crippen LogP contribution in [-0.4, -0.2) is 35.0 Å². The van der Waals surface area contributed by atoms with Gasteiger partial charge in [-0.15, -0.1) is 11.3 Å². The zero-order valence-electron chi connectivity index (χ0n) is 14.8. The monoisotopic (exact) mass is 373 g/mol. The number of hydrogen-bond donors (Lipinski definition) is 1. The van der Waals surface area contributed by atoms with Gasteiger partial charge in [0.1, 0.15) is 5.69 Å². The lowest BCUT2D eigenvalue weighted by Gasteiger charge is -2.25. The van der Waals surface area contributed by atoms with E-state index in [0.29, 0.717) is 5.69 Å². The van der Waals surface area contributed by atoms with Gasteiger partial charge in [0, 0.05) is 41.2 Å². The third-order valence-electron chi connectivity index (χ3n) is 5.42. The van der Waals surface area contributed by atoms with Crippen molar-refractivity contribution in [2.45, 2.75) is 19.0 Å². The van der Waals surface area contributed by atoms with Gasteiger partial charge < -0.3 is 5.32 Å². The van der Waals surface area contributed by atoms with E-state index in [1.165, 1.54) is 6.42 Å². The van der Waals surface area contributed by atoms with E-state index in [1.54, 1.807) is 17.5 Å². The Morgan fingerprint density at radius 1 is 1.26 bits per heavy atom. The minimum absolute atomic E-state index is 0.0948. The van der Waals surface area contributed by atoms with Gasteiger partial charge in [-0.25, -0.2) is 4.98 Å². The van der Waals surface area contributed by atoms with Crippen molar-refractivity contribution in [3.63, 3.8) is 0 Å². The fraction of sp³-hybridized carbons (Fsp3) is 0.273. The normalized spacial score (nSPS) is 23.2. The number of nitrogens with zero attached hydrogens (tertiary/aromatic N) is 2. The number of piperidine rings is 1. The van der Waals surface area contributed by atoms with Crippen molar-refractivity contribution in [3.05, 3.63) is 64.8 Å². The van der Waals surface area contributed by atoms with E-state index in [1.807, 2.05) is 41.8 Å². The summed E-state index contributed by atoms with van der Waals surface area (Å²) in [6, 6.07) is 11.8. The van der Waals surface area contributed by atoms with Crippen LogP contribution in [0.25, 0.3) is 10.1 Å². The molecule has 1 amide bonds. The smallest absolute Gasteiger partial charge is 0.271 e. The molecule has 3 atom stereocenters. The van der Waals surface area contributed by atoms with E-state index < -0.39 is 0 Å². The Kier molecular flexibility index (Phi) is 4.16. The number of carbonyl (C=O) groups is 1. The molecule has 2 aromatic heterocycles. The van der Waals surface area contributed by atoms with Gasteiger partial charge in [-0.3, -0.25) is 9.69 Å². The molecule has 2 bridgehead atoms. The Balaban J connectivity index is 1.40. The Morgan fingerprint density at radius 2 is 2.15 bits per heavy atom. The molecule has 0 spiro atoms. The Hall–Kier alpha value is -2.68. The molecule has 3 unspecified atom stereocenters. The second-order valence-corrected chi connectivity index (χ2v) is 8.12. The van der Waals surface area contributed by atoms with E-state index in [9.17, 15) is 4.79 Å². The van der Waals surface area contributed by atoms with Gasteiger partial charge in [0.25, 0.3) is 5.91 Å². The summed E-state index contributed by atoms with van der Waals surface area (Å²) in [5.41, 5.74) is 2.39. The molecule has 3 aromatic rings. The molecule has 2 aliphatic heterocycles. The number of pyridine rings is 1. The lowest BCUT2D eigenvalue weighted by Crippen LogP contribution is -2.45. The minimum atomic E-state index is -0.0948. The molecular formula is C22H19N3OS. The van der Waals surface area contributed by atoms with E-state index in [-0.39, 0.29) is 12.1 Å². The highest BCUT2D eigenvalue weighted by molar-refractivity contribution is 7.17. The van der Waals surface area contributed by atoms with Crippen LogP contribution < -0.4 is 5.32 Å². The quantitative estimate of drug-likeness (QED) is 0.700. The second-order valence-electron chi connectivity index (χ2n) is 7.21. The van der Waals surface area contributed by atoms with E-state index in [2.05, 4.69) is 27.0 Å². The summed E-state index contributed by atoms with van der Waals surface area (Å²) in [5.74, 6) is 7.08. The highest BCUT2D eigenvalue weighted by Gasteiger charge is 2.38. The van der Waals surface area contributed by atoms with Crippen LogP contribution in [0, 0.1) is 17.8 Å². The first-order valence-electron chi connectivity index (χ1n) is 9.25. The molecule has 0 aliphatic carbocycles. The predicted octanol–water partition coefficient (Wildman–Crippen LogP) is 3.48. The van der Waals surface area contributed by atoms with Crippen LogP contribution in [0.3, 0.4) is 0 Å². The number of hydrogen-bond acceptors (Lipinski definition) is 4. The van der Waals surface area contributed by atoms with Gasteiger partial charge in [0.2, 0.25) is 0 Å². The SMILES string of the molecule is O=C(NC1CC2CCN1C2)c1cc2c(C#Cc3ccccc3)csc2cn1. The Morgan fingerprint density at radius 3 is 2.93 bits per heavy atom. The lowest BCUT2D eigenvalue weighted by molar-refractivity contribution is 0.0878. The molecule has 2 aliphatic rings. The number of benzene rings is 1. The molecule has 5 rings (SSSR count). The summed E-state index contributed by atoms with van der Waals surface area (Å²) >= 11 is 1.61. The lowest BCUT2D eigenvalue weighted by atomic mass is 10.0. The van der Waals surface area contributed by atoms with Gasteiger partial charge in [0.05, 0.1) is 10.9 Å². The van der Waals surface area contributed by atoms with Crippen molar-refractivity contribution >= 4 is 27.3 Å². The number of rotatable bonds is 2. The van der Waals surface area contributed by atoms with Crippen molar-refractivity contribution in [2.24, 2.45) is 5.92 Å². The zero-order chi connectivity index (χ0) is 18.2. The summed E-state index contributed by atoms with van der Waals surface area (Å²) in [6.07, 6.45) is 4.26. The topological polar surface area (TPSA) is 45.2 Å². The first-order valence-corrected chi connectivity index (χ1v) is 10.1. The van der Waals surface area contributed by atoms with Gasteiger partial charge in [0.15, 0.2) is 0 Å². The van der Waals surface area contributed by atoms with Crippen LogP contribution in [0.15, 0.2) is 48.0 Å². The Bertz CT molecular complexity index is 1060. The van der Waals surface area contributed by atoms with E-state index in [4.69, 9.17) is 0 Å².